The van der Waals surface area contributed by atoms with Gasteiger partial charge in [0.15, 0.2) is 11.0 Å². The second-order valence-corrected chi connectivity index (χ2v) is 5.77. The number of rotatable bonds is 7. The molecule has 0 spiro atoms. The average molecular weight is 331 g/mol. The summed E-state index contributed by atoms with van der Waals surface area (Å²) < 4.78 is 12.3. The molecule has 0 saturated carbocycles. The molecule has 1 aromatic carbocycles. The van der Waals surface area contributed by atoms with Crippen LogP contribution >= 0.6 is 11.8 Å². The number of aryl methyl sites for hydroxylation is 1. The largest absolute Gasteiger partial charge is 0.497 e. The van der Waals surface area contributed by atoms with Crippen LogP contribution in [0, 0.1) is 0 Å². The third kappa shape index (κ3) is 3.70. The molecule has 0 saturated heterocycles. The zero-order valence-corrected chi connectivity index (χ0v) is 13.8. The van der Waals surface area contributed by atoms with Gasteiger partial charge in [0.1, 0.15) is 12.1 Å². The number of thioether (sulfide) groups is 1. The lowest BCUT2D eigenvalue weighted by Crippen LogP contribution is -1.96. The quantitative estimate of drug-likeness (QED) is 0.616. The highest BCUT2D eigenvalue weighted by molar-refractivity contribution is 7.98. The highest BCUT2D eigenvalue weighted by Gasteiger charge is 2.11. The molecule has 0 aliphatic heterocycles. The summed E-state index contributed by atoms with van der Waals surface area (Å²) in [5, 5.41) is 12.9. The first-order chi connectivity index (χ1) is 11.3. The zero-order chi connectivity index (χ0) is 16.1. The maximum atomic E-state index is 5.25. The molecule has 0 N–H and O–H groups in total. The van der Waals surface area contributed by atoms with Gasteiger partial charge < -0.3 is 9.26 Å². The lowest BCUT2D eigenvalue weighted by molar-refractivity contribution is 0.373. The summed E-state index contributed by atoms with van der Waals surface area (Å²) in [6, 6.07) is 7.73. The second kappa shape index (κ2) is 7.28. The Morgan fingerprint density at radius 1 is 1.35 bits per heavy atom. The molecule has 2 aromatic heterocycles. The number of nitrogens with zero attached hydrogens (tertiary/aromatic N) is 5. The standard InChI is InChI=1S/C15H17N5O2S/c1-3-5-14-17-13(19-22-14)9-23-15-18-16-10-20(15)11-6-4-7-12(8-11)21-2/h4,6-8,10H,3,5,9H2,1-2H3. The Bertz CT molecular complexity index is 771. The minimum absolute atomic E-state index is 0.579. The molecular weight excluding hydrogens is 314 g/mol. The van der Waals surface area contributed by atoms with Crippen molar-refractivity contribution in [3.05, 3.63) is 42.3 Å². The van der Waals surface area contributed by atoms with E-state index in [9.17, 15) is 0 Å². The summed E-state index contributed by atoms with van der Waals surface area (Å²) in [6.07, 6.45) is 3.46. The van der Waals surface area contributed by atoms with Crippen LogP contribution in [0.25, 0.3) is 5.69 Å². The fraction of sp³-hybridized carbons (Fsp3) is 0.333. The van der Waals surface area contributed by atoms with Gasteiger partial charge in [-0.15, -0.1) is 10.2 Å². The maximum Gasteiger partial charge on any atom is 0.226 e. The van der Waals surface area contributed by atoms with Crippen molar-refractivity contribution in [1.82, 2.24) is 24.9 Å². The normalized spacial score (nSPS) is 10.9. The fourth-order valence-corrected chi connectivity index (χ4v) is 2.83. The molecule has 120 valence electrons. The predicted molar refractivity (Wildman–Crippen MR) is 85.8 cm³/mol. The SMILES string of the molecule is CCCc1nc(CSc2nncn2-c2cccc(OC)c2)no1. The van der Waals surface area contributed by atoms with Crippen molar-refractivity contribution in [2.45, 2.75) is 30.7 Å². The molecule has 23 heavy (non-hydrogen) atoms. The van der Waals surface area contributed by atoms with Gasteiger partial charge in [0.05, 0.1) is 18.6 Å². The van der Waals surface area contributed by atoms with Gasteiger partial charge in [0.25, 0.3) is 0 Å². The molecule has 3 aromatic rings. The molecule has 0 bridgehead atoms. The number of benzene rings is 1. The van der Waals surface area contributed by atoms with E-state index in [2.05, 4.69) is 27.3 Å². The second-order valence-electron chi connectivity index (χ2n) is 4.83. The molecule has 0 aliphatic rings. The first-order valence-electron chi connectivity index (χ1n) is 7.29. The van der Waals surface area contributed by atoms with Gasteiger partial charge in [-0.3, -0.25) is 4.57 Å². The Hall–Kier alpha value is -2.35. The Morgan fingerprint density at radius 3 is 3.09 bits per heavy atom. The molecule has 0 fully saturated rings. The molecule has 7 nitrogen and oxygen atoms in total. The van der Waals surface area contributed by atoms with Gasteiger partial charge in [-0.25, -0.2) is 0 Å². The molecule has 0 aliphatic carbocycles. The first-order valence-corrected chi connectivity index (χ1v) is 8.27. The van der Waals surface area contributed by atoms with Crippen molar-refractivity contribution in [3.8, 4) is 11.4 Å². The van der Waals surface area contributed by atoms with E-state index < -0.39 is 0 Å². The summed E-state index contributed by atoms with van der Waals surface area (Å²) >= 11 is 1.51. The molecule has 2 heterocycles. The van der Waals surface area contributed by atoms with E-state index in [0.717, 1.165) is 29.4 Å². The van der Waals surface area contributed by atoms with Gasteiger partial charge >= 0.3 is 0 Å². The van der Waals surface area contributed by atoms with Crippen molar-refractivity contribution >= 4 is 11.8 Å². The van der Waals surface area contributed by atoms with E-state index in [4.69, 9.17) is 9.26 Å². The Labute approximate surface area is 138 Å². The van der Waals surface area contributed by atoms with Crippen LogP contribution < -0.4 is 4.74 Å². The van der Waals surface area contributed by atoms with E-state index in [1.54, 1.807) is 13.4 Å². The van der Waals surface area contributed by atoms with E-state index in [1.165, 1.54) is 11.8 Å². The van der Waals surface area contributed by atoms with Gasteiger partial charge in [-0.1, -0.05) is 29.9 Å². The van der Waals surface area contributed by atoms with Crippen LogP contribution in [0.2, 0.25) is 0 Å². The number of hydrogen-bond acceptors (Lipinski definition) is 7. The van der Waals surface area contributed by atoms with E-state index in [-0.39, 0.29) is 0 Å². The smallest absolute Gasteiger partial charge is 0.226 e. The van der Waals surface area contributed by atoms with Crippen LogP contribution in [-0.2, 0) is 12.2 Å². The van der Waals surface area contributed by atoms with Crippen molar-refractivity contribution < 1.29 is 9.26 Å². The van der Waals surface area contributed by atoms with Gasteiger partial charge in [-0.05, 0) is 18.6 Å². The molecule has 0 radical (unpaired) electrons. The third-order valence-electron chi connectivity index (χ3n) is 3.15. The number of methoxy groups -OCH3 is 1. The molecular formula is C15H17N5O2S. The van der Waals surface area contributed by atoms with Crippen molar-refractivity contribution in [3.63, 3.8) is 0 Å². The minimum Gasteiger partial charge on any atom is -0.497 e. The number of aromatic nitrogens is 5. The minimum atomic E-state index is 0.579. The van der Waals surface area contributed by atoms with Crippen molar-refractivity contribution in [1.29, 1.82) is 0 Å². The summed E-state index contributed by atoms with van der Waals surface area (Å²) in [5.74, 6) is 2.71. The highest BCUT2D eigenvalue weighted by Crippen LogP contribution is 2.24. The molecule has 0 unspecified atom stereocenters. The molecule has 3 rings (SSSR count). The van der Waals surface area contributed by atoms with Crippen LogP contribution in [-0.4, -0.2) is 32.0 Å². The Kier molecular flexibility index (Phi) is 4.92. The van der Waals surface area contributed by atoms with Crippen LogP contribution in [0.5, 0.6) is 5.75 Å². The summed E-state index contributed by atoms with van der Waals surface area (Å²) in [7, 11) is 1.64. The van der Waals surface area contributed by atoms with Crippen molar-refractivity contribution in [2.24, 2.45) is 0 Å². The lowest BCUT2D eigenvalue weighted by atomic mass is 10.3. The monoisotopic (exact) mass is 331 g/mol. The topological polar surface area (TPSA) is 78.9 Å². The number of ether oxygens (including phenoxy) is 1. The van der Waals surface area contributed by atoms with E-state index in [0.29, 0.717) is 17.5 Å². The summed E-state index contributed by atoms with van der Waals surface area (Å²) in [4.78, 5) is 4.35. The maximum absolute atomic E-state index is 5.25. The van der Waals surface area contributed by atoms with Gasteiger partial charge in [0, 0.05) is 12.5 Å². The zero-order valence-electron chi connectivity index (χ0n) is 13.0. The fourth-order valence-electron chi connectivity index (χ4n) is 2.05. The van der Waals surface area contributed by atoms with E-state index >= 15 is 0 Å². The molecule has 8 heteroatoms. The van der Waals surface area contributed by atoms with Crippen molar-refractivity contribution in [2.75, 3.05) is 7.11 Å². The Balaban J connectivity index is 1.72. The lowest BCUT2D eigenvalue weighted by Gasteiger charge is -2.07. The molecule has 0 amide bonds. The highest BCUT2D eigenvalue weighted by atomic mass is 32.2. The summed E-state index contributed by atoms with van der Waals surface area (Å²) in [5.41, 5.74) is 0.941. The van der Waals surface area contributed by atoms with Crippen LogP contribution in [0.1, 0.15) is 25.1 Å². The van der Waals surface area contributed by atoms with Gasteiger partial charge in [0.2, 0.25) is 5.89 Å². The third-order valence-corrected chi connectivity index (χ3v) is 4.09. The van der Waals surface area contributed by atoms with E-state index in [1.807, 2.05) is 28.8 Å². The predicted octanol–water partition coefficient (Wildman–Crippen LogP) is 2.90. The van der Waals surface area contributed by atoms with Crippen LogP contribution in [0.4, 0.5) is 0 Å². The molecule has 0 atom stereocenters. The van der Waals surface area contributed by atoms with Gasteiger partial charge in [-0.2, -0.15) is 4.98 Å². The summed E-state index contributed by atoms with van der Waals surface area (Å²) in [6.45, 7) is 2.08. The van der Waals surface area contributed by atoms with Crippen LogP contribution in [0.3, 0.4) is 0 Å². The first kappa shape index (κ1) is 15.5. The van der Waals surface area contributed by atoms with Crippen LogP contribution in [0.15, 0.2) is 40.3 Å². The Morgan fingerprint density at radius 2 is 2.26 bits per heavy atom. The average Bonchev–Trinajstić information content (AvgIpc) is 3.22. The number of hydrogen-bond donors (Lipinski definition) is 0.